The van der Waals surface area contributed by atoms with Gasteiger partial charge in [0.1, 0.15) is 11.4 Å². The quantitative estimate of drug-likeness (QED) is 0.864. The fourth-order valence-electron chi connectivity index (χ4n) is 3.30. The van der Waals surface area contributed by atoms with Crippen LogP contribution in [0.1, 0.15) is 16.1 Å². The molecule has 120 valence electrons. The first-order valence-corrected chi connectivity index (χ1v) is 8.64. The third-order valence-corrected chi connectivity index (χ3v) is 5.48. The predicted molar refractivity (Wildman–Crippen MR) is 86.7 cm³/mol. The number of amides is 1. The molecule has 2 saturated heterocycles. The van der Waals surface area contributed by atoms with Crippen molar-refractivity contribution >= 4 is 17.2 Å². The Labute approximate surface area is 138 Å². The van der Waals surface area contributed by atoms with Crippen molar-refractivity contribution < 1.29 is 14.3 Å². The summed E-state index contributed by atoms with van der Waals surface area (Å²) in [6.07, 6.45) is 4.42. The van der Waals surface area contributed by atoms with E-state index in [0.717, 1.165) is 23.7 Å². The van der Waals surface area contributed by atoms with E-state index in [2.05, 4.69) is 4.98 Å². The highest BCUT2D eigenvalue weighted by molar-refractivity contribution is 7.12. The van der Waals surface area contributed by atoms with Gasteiger partial charge in [-0.25, -0.2) is 0 Å². The van der Waals surface area contributed by atoms with Gasteiger partial charge in [-0.3, -0.25) is 9.78 Å². The number of likely N-dealkylation sites (tertiary alicyclic amines) is 1. The summed E-state index contributed by atoms with van der Waals surface area (Å²) >= 11 is 1.48. The molecule has 23 heavy (non-hydrogen) atoms. The fourth-order valence-corrected chi connectivity index (χ4v) is 3.99. The van der Waals surface area contributed by atoms with Gasteiger partial charge in [-0.05, 0) is 30.0 Å². The number of carbonyl (C=O) groups excluding carboxylic acids is 1. The molecule has 0 aromatic carbocycles. The highest BCUT2D eigenvalue weighted by atomic mass is 32.1. The summed E-state index contributed by atoms with van der Waals surface area (Å²) < 4.78 is 11.8. The smallest absolute Gasteiger partial charge is 0.264 e. The normalized spacial score (nSPS) is 22.1. The van der Waals surface area contributed by atoms with Gasteiger partial charge in [0, 0.05) is 18.7 Å². The first-order chi connectivity index (χ1) is 11.3. The van der Waals surface area contributed by atoms with Gasteiger partial charge in [0.05, 0.1) is 30.8 Å². The number of rotatable bonds is 4. The van der Waals surface area contributed by atoms with Crippen molar-refractivity contribution in [2.24, 2.45) is 5.92 Å². The van der Waals surface area contributed by atoms with Crippen LogP contribution in [-0.4, -0.2) is 47.7 Å². The summed E-state index contributed by atoms with van der Waals surface area (Å²) in [5.41, 5.74) is -0.227. The predicted octanol–water partition coefficient (Wildman–Crippen LogP) is 2.45. The van der Waals surface area contributed by atoms with E-state index in [0.29, 0.717) is 25.6 Å². The zero-order chi connectivity index (χ0) is 15.7. The van der Waals surface area contributed by atoms with Crippen molar-refractivity contribution in [3.05, 3.63) is 46.9 Å². The Kier molecular flexibility index (Phi) is 3.79. The SMILES string of the molecule is O=C(c1cccs1)N1CC2(C1)OCCC2COc1cccnc1. The van der Waals surface area contributed by atoms with Crippen LogP contribution >= 0.6 is 11.3 Å². The van der Waals surface area contributed by atoms with Gasteiger partial charge in [-0.2, -0.15) is 0 Å². The molecule has 2 aliphatic heterocycles. The highest BCUT2D eigenvalue weighted by Gasteiger charge is 2.54. The van der Waals surface area contributed by atoms with Gasteiger partial charge < -0.3 is 14.4 Å². The molecule has 4 rings (SSSR count). The molecule has 1 atom stereocenters. The van der Waals surface area contributed by atoms with Gasteiger partial charge in [0.15, 0.2) is 0 Å². The van der Waals surface area contributed by atoms with Crippen LogP contribution in [0.15, 0.2) is 42.0 Å². The number of thiophene rings is 1. The van der Waals surface area contributed by atoms with Crippen molar-refractivity contribution in [1.29, 1.82) is 0 Å². The monoisotopic (exact) mass is 330 g/mol. The average Bonchev–Trinajstić information content (AvgIpc) is 3.21. The molecule has 0 N–H and O–H groups in total. The molecule has 1 unspecified atom stereocenters. The maximum Gasteiger partial charge on any atom is 0.264 e. The molecule has 2 aliphatic rings. The third-order valence-electron chi connectivity index (χ3n) is 4.62. The molecule has 0 radical (unpaired) electrons. The number of aromatic nitrogens is 1. The second kappa shape index (κ2) is 5.94. The Morgan fingerprint density at radius 2 is 2.35 bits per heavy atom. The number of pyridine rings is 1. The highest BCUT2D eigenvalue weighted by Crippen LogP contribution is 2.40. The van der Waals surface area contributed by atoms with Crippen molar-refractivity contribution in [2.45, 2.75) is 12.0 Å². The minimum atomic E-state index is -0.227. The van der Waals surface area contributed by atoms with Crippen LogP contribution in [0.3, 0.4) is 0 Å². The Bertz CT molecular complexity index is 668. The van der Waals surface area contributed by atoms with Crippen molar-refractivity contribution in [1.82, 2.24) is 9.88 Å². The molecular weight excluding hydrogens is 312 g/mol. The number of nitrogens with zero attached hydrogens (tertiary/aromatic N) is 2. The first-order valence-electron chi connectivity index (χ1n) is 7.76. The lowest BCUT2D eigenvalue weighted by molar-refractivity contribution is -0.122. The maximum atomic E-state index is 12.4. The van der Waals surface area contributed by atoms with E-state index in [4.69, 9.17) is 9.47 Å². The van der Waals surface area contributed by atoms with Crippen LogP contribution in [0.25, 0.3) is 0 Å². The van der Waals surface area contributed by atoms with E-state index in [9.17, 15) is 4.79 Å². The van der Waals surface area contributed by atoms with Gasteiger partial charge >= 0.3 is 0 Å². The van der Waals surface area contributed by atoms with E-state index in [1.54, 1.807) is 12.4 Å². The fraction of sp³-hybridized carbons (Fsp3) is 0.412. The molecule has 2 aromatic rings. The molecule has 6 heteroatoms. The molecule has 0 saturated carbocycles. The summed E-state index contributed by atoms with van der Waals surface area (Å²) in [6, 6.07) is 7.55. The van der Waals surface area contributed by atoms with E-state index in [1.165, 1.54) is 11.3 Å². The molecule has 4 heterocycles. The van der Waals surface area contributed by atoms with E-state index >= 15 is 0 Å². The average molecular weight is 330 g/mol. The van der Waals surface area contributed by atoms with E-state index in [-0.39, 0.29) is 11.5 Å². The van der Waals surface area contributed by atoms with Gasteiger partial charge in [0.25, 0.3) is 5.91 Å². The largest absolute Gasteiger partial charge is 0.492 e. The number of ether oxygens (including phenoxy) is 2. The summed E-state index contributed by atoms with van der Waals surface area (Å²) in [7, 11) is 0. The standard InChI is InChI=1S/C17H18N2O3S/c20-16(15-4-2-8-23-15)19-11-17(12-19)13(5-7-22-17)10-21-14-3-1-6-18-9-14/h1-4,6,8-9,13H,5,7,10-12H2. The third kappa shape index (κ3) is 2.72. The second-order valence-electron chi connectivity index (χ2n) is 6.04. The summed E-state index contributed by atoms with van der Waals surface area (Å²) in [6.45, 7) is 2.66. The van der Waals surface area contributed by atoms with Crippen molar-refractivity contribution in [3.8, 4) is 5.75 Å². The molecule has 2 fully saturated rings. The number of hydrogen-bond acceptors (Lipinski definition) is 5. The first kappa shape index (κ1) is 14.7. The van der Waals surface area contributed by atoms with Crippen LogP contribution < -0.4 is 4.74 Å². The molecule has 5 nitrogen and oxygen atoms in total. The minimum Gasteiger partial charge on any atom is -0.492 e. The minimum absolute atomic E-state index is 0.105. The summed E-state index contributed by atoms with van der Waals surface area (Å²) in [5.74, 6) is 1.20. The number of carbonyl (C=O) groups is 1. The topological polar surface area (TPSA) is 51.7 Å². The zero-order valence-corrected chi connectivity index (χ0v) is 13.5. The molecule has 0 aliphatic carbocycles. The Morgan fingerprint density at radius 1 is 1.43 bits per heavy atom. The molecule has 1 amide bonds. The molecule has 2 aromatic heterocycles. The van der Waals surface area contributed by atoms with E-state index < -0.39 is 0 Å². The molecule has 1 spiro atoms. The zero-order valence-electron chi connectivity index (χ0n) is 12.7. The van der Waals surface area contributed by atoms with E-state index in [1.807, 2.05) is 34.5 Å². The second-order valence-corrected chi connectivity index (χ2v) is 6.98. The lowest BCUT2D eigenvalue weighted by Gasteiger charge is -2.49. The lowest BCUT2D eigenvalue weighted by atomic mass is 9.81. The van der Waals surface area contributed by atoms with Crippen LogP contribution in [0, 0.1) is 5.92 Å². The van der Waals surface area contributed by atoms with Crippen molar-refractivity contribution in [2.75, 3.05) is 26.3 Å². The van der Waals surface area contributed by atoms with Crippen LogP contribution in [-0.2, 0) is 4.74 Å². The van der Waals surface area contributed by atoms with Crippen molar-refractivity contribution in [3.63, 3.8) is 0 Å². The van der Waals surface area contributed by atoms with Gasteiger partial charge in [0.2, 0.25) is 0 Å². The summed E-state index contributed by atoms with van der Waals surface area (Å²) in [5, 5.41) is 1.93. The Morgan fingerprint density at radius 3 is 3.09 bits per heavy atom. The molecular formula is C17H18N2O3S. The van der Waals surface area contributed by atoms with Crippen LogP contribution in [0.2, 0.25) is 0 Å². The summed E-state index contributed by atoms with van der Waals surface area (Å²) in [4.78, 5) is 19.1. The molecule has 0 bridgehead atoms. The Balaban J connectivity index is 1.36. The maximum absolute atomic E-state index is 12.4. The number of hydrogen-bond donors (Lipinski definition) is 0. The van der Waals surface area contributed by atoms with Gasteiger partial charge in [-0.1, -0.05) is 6.07 Å². The van der Waals surface area contributed by atoms with Crippen LogP contribution in [0.5, 0.6) is 5.75 Å². The Hall–Kier alpha value is -1.92. The van der Waals surface area contributed by atoms with Gasteiger partial charge in [-0.15, -0.1) is 11.3 Å². The lowest BCUT2D eigenvalue weighted by Crippen LogP contribution is -2.66. The van der Waals surface area contributed by atoms with Crippen LogP contribution in [0.4, 0.5) is 0 Å².